The average Bonchev–Trinajstić information content (AvgIpc) is 3.10. The van der Waals surface area contributed by atoms with Crippen LogP contribution in [0.4, 0.5) is 0 Å². The lowest BCUT2D eigenvalue weighted by molar-refractivity contribution is 0.0934. The lowest BCUT2D eigenvalue weighted by Crippen LogP contribution is -2.35. The van der Waals surface area contributed by atoms with Crippen LogP contribution in [0.1, 0.15) is 16.1 Å². The van der Waals surface area contributed by atoms with Gasteiger partial charge in [0.05, 0.1) is 13.7 Å². The number of benzene rings is 1. The second kappa shape index (κ2) is 6.43. The van der Waals surface area contributed by atoms with Crippen LogP contribution >= 0.6 is 0 Å². The number of amides is 1. The standard InChI is InChI=1S/C18H18N4O3/c1-24-14-4-3-13-7-12(11-25-16(13)8-14)9-20-17(23)15-10-22-6-2-5-19-18(22)21-15/h2-6,8,10,12H,7,9,11H2,1H3,(H,20,23)/t12-/m0/s1. The quantitative estimate of drug-likeness (QED) is 0.784. The molecule has 4 rings (SSSR count). The molecule has 2 aromatic heterocycles. The third-order valence-corrected chi connectivity index (χ3v) is 4.28. The Morgan fingerprint density at radius 2 is 2.40 bits per heavy atom. The van der Waals surface area contributed by atoms with Gasteiger partial charge in [0.2, 0.25) is 5.78 Å². The van der Waals surface area contributed by atoms with Gasteiger partial charge in [0.25, 0.3) is 5.91 Å². The molecule has 1 aliphatic rings. The Kier molecular flexibility index (Phi) is 3.97. The maximum atomic E-state index is 12.3. The molecule has 3 aromatic rings. The summed E-state index contributed by atoms with van der Waals surface area (Å²) in [5.74, 6) is 2.17. The van der Waals surface area contributed by atoms with E-state index in [9.17, 15) is 4.79 Å². The van der Waals surface area contributed by atoms with E-state index in [4.69, 9.17) is 9.47 Å². The zero-order chi connectivity index (χ0) is 17.2. The minimum Gasteiger partial charge on any atom is -0.497 e. The summed E-state index contributed by atoms with van der Waals surface area (Å²) in [6.45, 7) is 1.10. The van der Waals surface area contributed by atoms with Crippen molar-refractivity contribution in [1.29, 1.82) is 0 Å². The molecule has 3 heterocycles. The van der Waals surface area contributed by atoms with E-state index in [1.165, 1.54) is 0 Å². The smallest absolute Gasteiger partial charge is 0.271 e. The fourth-order valence-corrected chi connectivity index (χ4v) is 2.94. The van der Waals surface area contributed by atoms with Gasteiger partial charge in [-0.1, -0.05) is 6.07 Å². The molecule has 0 fully saturated rings. The second-order valence-corrected chi connectivity index (χ2v) is 6.02. The number of hydrogen-bond acceptors (Lipinski definition) is 5. The Balaban J connectivity index is 1.39. The number of aromatic nitrogens is 3. The van der Waals surface area contributed by atoms with Crippen LogP contribution in [-0.4, -0.2) is 40.5 Å². The predicted molar refractivity (Wildman–Crippen MR) is 91.0 cm³/mol. The minimum atomic E-state index is -0.203. The van der Waals surface area contributed by atoms with E-state index in [1.54, 1.807) is 30.0 Å². The zero-order valence-corrected chi connectivity index (χ0v) is 13.8. The van der Waals surface area contributed by atoms with Crippen molar-refractivity contribution in [2.75, 3.05) is 20.3 Å². The highest BCUT2D eigenvalue weighted by Crippen LogP contribution is 2.30. The number of carbonyl (C=O) groups is 1. The van der Waals surface area contributed by atoms with Gasteiger partial charge in [0.1, 0.15) is 17.2 Å². The van der Waals surface area contributed by atoms with Gasteiger partial charge in [-0.3, -0.25) is 9.20 Å². The number of hydrogen-bond donors (Lipinski definition) is 1. The maximum Gasteiger partial charge on any atom is 0.271 e. The fraction of sp³-hybridized carbons (Fsp3) is 0.278. The molecule has 0 unspecified atom stereocenters. The van der Waals surface area contributed by atoms with E-state index < -0.39 is 0 Å². The molecule has 128 valence electrons. The fourth-order valence-electron chi connectivity index (χ4n) is 2.94. The minimum absolute atomic E-state index is 0.203. The highest BCUT2D eigenvalue weighted by atomic mass is 16.5. The summed E-state index contributed by atoms with van der Waals surface area (Å²) in [4.78, 5) is 20.7. The number of methoxy groups -OCH3 is 1. The first-order valence-corrected chi connectivity index (χ1v) is 8.10. The summed E-state index contributed by atoms with van der Waals surface area (Å²) < 4.78 is 12.7. The Hall–Kier alpha value is -3.09. The van der Waals surface area contributed by atoms with E-state index in [0.717, 1.165) is 23.5 Å². The molecule has 7 heteroatoms. The van der Waals surface area contributed by atoms with Crippen LogP contribution in [0.3, 0.4) is 0 Å². The van der Waals surface area contributed by atoms with Gasteiger partial charge in [0.15, 0.2) is 0 Å². The van der Waals surface area contributed by atoms with Crippen LogP contribution in [-0.2, 0) is 6.42 Å². The molecule has 1 atom stereocenters. The molecule has 0 spiro atoms. The van der Waals surface area contributed by atoms with Gasteiger partial charge in [0, 0.05) is 37.1 Å². The first-order valence-electron chi connectivity index (χ1n) is 8.10. The summed E-state index contributed by atoms with van der Waals surface area (Å²) in [6.07, 6.45) is 5.99. The number of nitrogens with one attached hydrogen (secondary N) is 1. The van der Waals surface area contributed by atoms with Crippen molar-refractivity contribution in [2.45, 2.75) is 6.42 Å². The van der Waals surface area contributed by atoms with Crippen LogP contribution in [0.15, 0.2) is 42.9 Å². The first kappa shape index (κ1) is 15.4. The van der Waals surface area contributed by atoms with Gasteiger partial charge < -0.3 is 14.8 Å². The van der Waals surface area contributed by atoms with Gasteiger partial charge in [-0.25, -0.2) is 9.97 Å². The molecule has 1 amide bonds. The van der Waals surface area contributed by atoms with E-state index in [2.05, 4.69) is 15.3 Å². The van der Waals surface area contributed by atoms with Crippen LogP contribution < -0.4 is 14.8 Å². The molecule has 0 aliphatic carbocycles. The van der Waals surface area contributed by atoms with Crippen LogP contribution in [0, 0.1) is 5.92 Å². The van der Waals surface area contributed by atoms with Crippen LogP contribution in [0.2, 0.25) is 0 Å². The van der Waals surface area contributed by atoms with Crippen molar-refractivity contribution in [2.24, 2.45) is 5.92 Å². The lowest BCUT2D eigenvalue weighted by atomic mass is 9.96. The molecule has 0 bridgehead atoms. The van der Waals surface area contributed by atoms with E-state index in [1.807, 2.05) is 24.4 Å². The SMILES string of the molecule is COc1ccc2c(c1)OC[C@H](CNC(=O)c1cn3cccnc3n1)C2. The van der Waals surface area contributed by atoms with Gasteiger partial charge in [-0.05, 0) is 24.1 Å². The first-order chi connectivity index (χ1) is 12.2. The van der Waals surface area contributed by atoms with Crippen molar-refractivity contribution in [3.63, 3.8) is 0 Å². The number of nitrogens with zero attached hydrogens (tertiary/aromatic N) is 3. The van der Waals surface area contributed by atoms with Crippen molar-refractivity contribution >= 4 is 11.7 Å². The Labute approximate surface area is 144 Å². The van der Waals surface area contributed by atoms with Crippen molar-refractivity contribution in [3.8, 4) is 11.5 Å². The number of imidazole rings is 1. The number of ether oxygens (including phenoxy) is 2. The van der Waals surface area contributed by atoms with E-state index in [-0.39, 0.29) is 11.8 Å². The second-order valence-electron chi connectivity index (χ2n) is 6.02. The lowest BCUT2D eigenvalue weighted by Gasteiger charge is -2.25. The summed E-state index contributed by atoms with van der Waals surface area (Å²) in [5.41, 5.74) is 1.49. The molecule has 25 heavy (non-hydrogen) atoms. The summed E-state index contributed by atoms with van der Waals surface area (Å²) in [7, 11) is 1.64. The zero-order valence-electron chi connectivity index (χ0n) is 13.8. The summed E-state index contributed by atoms with van der Waals surface area (Å²) in [6, 6.07) is 7.62. The van der Waals surface area contributed by atoms with E-state index >= 15 is 0 Å². The van der Waals surface area contributed by atoms with Gasteiger partial charge >= 0.3 is 0 Å². The molecular formula is C18H18N4O3. The molecule has 1 aromatic carbocycles. The Morgan fingerprint density at radius 3 is 3.24 bits per heavy atom. The third kappa shape index (κ3) is 3.13. The molecule has 0 radical (unpaired) electrons. The van der Waals surface area contributed by atoms with Crippen molar-refractivity contribution in [3.05, 3.63) is 54.1 Å². The molecule has 1 aliphatic heterocycles. The summed E-state index contributed by atoms with van der Waals surface area (Å²) >= 11 is 0. The van der Waals surface area contributed by atoms with E-state index in [0.29, 0.717) is 24.6 Å². The Morgan fingerprint density at radius 1 is 1.48 bits per heavy atom. The monoisotopic (exact) mass is 338 g/mol. The molecule has 7 nitrogen and oxygen atoms in total. The predicted octanol–water partition coefficient (Wildman–Crippen LogP) is 1.72. The topological polar surface area (TPSA) is 77.8 Å². The molecule has 1 N–H and O–H groups in total. The molecule has 0 saturated heterocycles. The largest absolute Gasteiger partial charge is 0.497 e. The third-order valence-electron chi connectivity index (χ3n) is 4.28. The van der Waals surface area contributed by atoms with Crippen molar-refractivity contribution in [1.82, 2.24) is 19.7 Å². The van der Waals surface area contributed by atoms with Gasteiger partial charge in [-0.15, -0.1) is 0 Å². The average molecular weight is 338 g/mol. The number of carbonyl (C=O) groups excluding carboxylic acids is 1. The number of fused-ring (bicyclic) bond motifs is 2. The highest BCUT2D eigenvalue weighted by molar-refractivity contribution is 5.92. The molecule has 0 saturated carbocycles. The number of rotatable bonds is 4. The van der Waals surface area contributed by atoms with Crippen LogP contribution in [0.25, 0.3) is 5.78 Å². The van der Waals surface area contributed by atoms with Crippen LogP contribution in [0.5, 0.6) is 11.5 Å². The van der Waals surface area contributed by atoms with Gasteiger partial charge in [-0.2, -0.15) is 0 Å². The maximum absolute atomic E-state index is 12.3. The Bertz CT molecular complexity index is 889. The normalized spacial score (nSPS) is 16.1. The van der Waals surface area contributed by atoms with Crippen molar-refractivity contribution < 1.29 is 14.3 Å². The highest BCUT2D eigenvalue weighted by Gasteiger charge is 2.21. The summed E-state index contributed by atoms with van der Waals surface area (Å²) in [5, 5.41) is 2.94. The molecular weight excluding hydrogens is 320 g/mol.